The standard InChI is InChI=1S/C7H10BrNO/c1-7(8)3-4-9(2)6(10)5-7/h3-4H,5H2,1-2H3. The Balaban J connectivity index is 2.79. The van der Waals surface area contributed by atoms with Crippen LogP contribution in [0.5, 0.6) is 0 Å². The normalized spacial score (nSPS) is 33.1. The second-order valence-corrected chi connectivity index (χ2v) is 4.59. The van der Waals surface area contributed by atoms with Gasteiger partial charge < -0.3 is 4.90 Å². The van der Waals surface area contributed by atoms with Crippen LogP contribution in [0.2, 0.25) is 0 Å². The first kappa shape index (κ1) is 7.79. The molecule has 10 heavy (non-hydrogen) atoms. The predicted octanol–water partition coefficient (Wildman–Crippen LogP) is 1.52. The Kier molecular flexibility index (Phi) is 1.86. The maximum atomic E-state index is 11.1. The van der Waals surface area contributed by atoms with Gasteiger partial charge in [0.05, 0.1) is 4.32 Å². The van der Waals surface area contributed by atoms with Crippen molar-refractivity contribution >= 4 is 21.8 Å². The molecule has 0 saturated heterocycles. The first-order valence-corrected chi connectivity index (χ1v) is 3.94. The summed E-state index contributed by atoms with van der Waals surface area (Å²) in [5.74, 6) is 0.155. The van der Waals surface area contributed by atoms with E-state index < -0.39 is 0 Å². The average molecular weight is 204 g/mol. The molecular weight excluding hydrogens is 194 g/mol. The lowest BCUT2D eigenvalue weighted by Gasteiger charge is -2.26. The van der Waals surface area contributed by atoms with Crippen LogP contribution in [0.3, 0.4) is 0 Å². The van der Waals surface area contributed by atoms with Gasteiger partial charge in [0, 0.05) is 19.7 Å². The van der Waals surface area contributed by atoms with Crippen LogP contribution in [0.25, 0.3) is 0 Å². The first-order valence-electron chi connectivity index (χ1n) is 3.15. The van der Waals surface area contributed by atoms with Gasteiger partial charge in [-0.1, -0.05) is 22.0 Å². The molecule has 0 aliphatic carbocycles. The van der Waals surface area contributed by atoms with Gasteiger partial charge >= 0.3 is 0 Å². The molecule has 0 aromatic carbocycles. The first-order chi connectivity index (χ1) is 4.51. The molecule has 0 fully saturated rings. The third-order valence-corrected chi connectivity index (χ3v) is 2.08. The molecule has 0 radical (unpaired) electrons. The maximum Gasteiger partial charge on any atom is 0.227 e. The SMILES string of the molecule is CN1C=CC(C)(Br)CC1=O. The number of nitrogens with zero attached hydrogens (tertiary/aromatic N) is 1. The highest BCUT2D eigenvalue weighted by Crippen LogP contribution is 2.27. The molecule has 56 valence electrons. The summed E-state index contributed by atoms with van der Waals surface area (Å²) in [5.41, 5.74) is 0. The molecule has 0 aromatic heterocycles. The van der Waals surface area contributed by atoms with E-state index in [1.807, 2.05) is 13.0 Å². The summed E-state index contributed by atoms with van der Waals surface area (Å²) in [4.78, 5) is 12.7. The predicted molar refractivity (Wildman–Crippen MR) is 43.9 cm³/mol. The fourth-order valence-corrected chi connectivity index (χ4v) is 1.19. The number of carbonyl (C=O) groups is 1. The molecule has 3 heteroatoms. The van der Waals surface area contributed by atoms with E-state index >= 15 is 0 Å². The Hall–Kier alpha value is -0.310. The smallest absolute Gasteiger partial charge is 0.227 e. The molecular formula is C7H10BrNO. The lowest BCUT2D eigenvalue weighted by molar-refractivity contribution is -0.128. The van der Waals surface area contributed by atoms with Gasteiger partial charge in [0.15, 0.2) is 0 Å². The number of halogens is 1. The minimum absolute atomic E-state index is 0.128. The van der Waals surface area contributed by atoms with Crippen molar-refractivity contribution in [3.8, 4) is 0 Å². The van der Waals surface area contributed by atoms with Crippen molar-refractivity contribution < 1.29 is 4.79 Å². The van der Waals surface area contributed by atoms with Crippen LogP contribution >= 0.6 is 15.9 Å². The van der Waals surface area contributed by atoms with E-state index in [-0.39, 0.29) is 10.2 Å². The molecule has 1 aliphatic rings. The third-order valence-electron chi connectivity index (χ3n) is 1.54. The van der Waals surface area contributed by atoms with Gasteiger partial charge in [-0.3, -0.25) is 4.79 Å². The van der Waals surface area contributed by atoms with Crippen LogP contribution in [-0.4, -0.2) is 22.2 Å². The van der Waals surface area contributed by atoms with Crippen molar-refractivity contribution in [1.29, 1.82) is 0 Å². The summed E-state index contributed by atoms with van der Waals surface area (Å²) in [6.45, 7) is 1.98. The minimum atomic E-state index is -0.128. The van der Waals surface area contributed by atoms with Gasteiger partial charge in [-0.15, -0.1) is 0 Å². The number of allylic oxidation sites excluding steroid dienone is 1. The van der Waals surface area contributed by atoms with Crippen LogP contribution in [0.4, 0.5) is 0 Å². The van der Waals surface area contributed by atoms with Gasteiger partial charge in [0.2, 0.25) is 5.91 Å². The van der Waals surface area contributed by atoms with Crippen LogP contribution in [0.15, 0.2) is 12.3 Å². The average Bonchev–Trinajstić information content (AvgIpc) is 1.79. The Morgan fingerprint density at radius 3 is 2.80 bits per heavy atom. The lowest BCUT2D eigenvalue weighted by Crippen LogP contribution is -2.32. The van der Waals surface area contributed by atoms with Crippen molar-refractivity contribution in [2.45, 2.75) is 17.7 Å². The van der Waals surface area contributed by atoms with Crippen LogP contribution in [0.1, 0.15) is 13.3 Å². The van der Waals surface area contributed by atoms with Crippen molar-refractivity contribution in [1.82, 2.24) is 4.90 Å². The second kappa shape index (κ2) is 2.38. The summed E-state index contributed by atoms with van der Waals surface area (Å²) >= 11 is 3.43. The van der Waals surface area contributed by atoms with Gasteiger partial charge in [-0.25, -0.2) is 0 Å². The summed E-state index contributed by atoms with van der Waals surface area (Å²) in [6, 6.07) is 0. The van der Waals surface area contributed by atoms with Crippen LogP contribution in [0, 0.1) is 0 Å². The molecule has 1 amide bonds. The highest BCUT2D eigenvalue weighted by molar-refractivity contribution is 9.10. The summed E-state index contributed by atoms with van der Waals surface area (Å²) in [6.07, 6.45) is 4.31. The van der Waals surface area contributed by atoms with Crippen molar-refractivity contribution in [2.24, 2.45) is 0 Å². The quantitative estimate of drug-likeness (QED) is 0.547. The van der Waals surface area contributed by atoms with Crippen molar-refractivity contribution in [2.75, 3.05) is 7.05 Å². The summed E-state index contributed by atoms with van der Waals surface area (Å²) < 4.78 is -0.128. The molecule has 0 N–H and O–H groups in total. The van der Waals surface area contributed by atoms with Gasteiger partial charge in [0.1, 0.15) is 0 Å². The number of hydrogen-bond acceptors (Lipinski definition) is 1. The number of carbonyl (C=O) groups excluding carboxylic acids is 1. The highest BCUT2D eigenvalue weighted by Gasteiger charge is 2.26. The van der Waals surface area contributed by atoms with E-state index in [1.54, 1.807) is 18.1 Å². The van der Waals surface area contributed by atoms with Crippen molar-refractivity contribution in [3.05, 3.63) is 12.3 Å². The Morgan fingerprint density at radius 2 is 2.40 bits per heavy atom. The Bertz CT molecular complexity index is 186. The molecule has 1 heterocycles. The summed E-state index contributed by atoms with van der Waals surface area (Å²) in [7, 11) is 1.76. The maximum absolute atomic E-state index is 11.1. The molecule has 0 bridgehead atoms. The number of alkyl halides is 1. The molecule has 1 aliphatic heterocycles. The topological polar surface area (TPSA) is 20.3 Å². The Labute approximate surface area is 69.0 Å². The molecule has 0 spiro atoms. The van der Waals surface area contributed by atoms with E-state index in [9.17, 15) is 4.79 Å². The molecule has 1 atom stereocenters. The summed E-state index contributed by atoms with van der Waals surface area (Å²) in [5, 5.41) is 0. The van der Waals surface area contributed by atoms with Crippen LogP contribution < -0.4 is 0 Å². The lowest BCUT2D eigenvalue weighted by atomic mass is 10.0. The van der Waals surface area contributed by atoms with Gasteiger partial charge in [0.25, 0.3) is 0 Å². The van der Waals surface area contributed by atoms with Crippen molar-refractivity contribution in [3.63, 3.8) is 0 Å². The zero-order valence-corrected chi connectivity index (χ0v) is 7.68. The van der Waals surface area contributed by atoms with Crippen LogP contribution in [-0.2, 0) is 4.79 Å². The largest absolute Gasteiger partial charge is 0.322 e. The molecule has 0 saturated carbocycles. The highest BCUT2D eigenvalue weighted by atomic mass is 79.9. The molecule has 2 nitrogen and oxygen atoms in total. The molecule has 1 unspecified atom stereocenters. The monoisotopic (exact) mass is 203 g/mol. The number of rotatable bonds is 0. The van der Waals surface area contributed by atoms with E-state index in [4.69, 9.17) is 0 Å². The number of hydrogen-bond donors (Lipinski definition) is 0. The zero-order chi connectivity index (χ0) is 7.78. The number of amides is 1. The van der Waals surface area contributed by atoms with E-state index in [0.29, 0.717) is 6.42 Å². The third kappa shape index (κ3) is 1.59. The fraction of sp³-hybridized carbons (Fsp3) is 0.571. The molecule has 0 aromatic rings. The zero-order valence-electron chi connectivity index (χ0n) is 6.10. The van der Waals surface area contributed by atoms with Gasteiger partial charge in [-0.05, 0) is 6.92 Å². The fourth-order valence-electron chi connectivity index (χ4n) is 0.830. The second-order valence-electron chi connectivity index (χ2n) is 2.78. The van der Waals surface area contributed by atoms with Gasteiger partial charge in [-0.2, -0.15) is 0 Å². The van der Waals surface area contributed by atoms with E-state index in [1.165, 1.54) is 0 Å². The van der Waals surface area contributed by atoms with E-state index in [2.05, 4.69) is 15.9 Å². The minimum Gasteiger partial charge on any atom is -0.322 e. The molecule has 1 rings (SSSR count). The Morgan fingerprint density at radius 1 is 1.80 bits per heavy atom. The van der Waals surface area contributed by atoms with E-state index in [0.717, 1.165) is 0 Å².